The van der Waals surface area contributed by atoms with Crippen molar-refractivity contribution in [2.24, 2.45) is 5.92 Å². The normalized spacial score (nSPS) is 25.5. The van der Waals surface area contributed by atoms with Gasteiger partial charge >= 0.3 is 0 Å². The van der Waals surface area contributed by atoms with Crippen molar-refractivity contribution < 1.29 is 14.3 Å². The van der Waals surface area contributed by atoms with Crippen molar-refractivity contribution >= 4 is 17.5 Å². The lowest BCUT2D eigenvalue weighted by atomic mass is 9.82. The van der Waals surface area contributed by atoms with Crippen LogP contribution in [0.25, 0.3) is 0 Å². The molecule has 3 aliphatic heterocycles. The van der Waals surface area contributed by atoms with Crippen molar-refractivity contribution in [3.05, 3.63) is 24.0 Å². The summed E-state index contributed by atoms with van der Waals surface area (Å²) in [6, 6.07) is 3.93. The molecular weight excluding hydrogens is 356 g/mol. The first-order valence-corrected chi connectivity index (χ1v) is 10.4. The standard InChI is InChI=1S/C21H30N4O3/c1-3-24-11-12-25(18-5-4-16(2)22-14-18)20(27)21(24)7-9-23(10-8-21)19(26)17-6-13-28-15-17/h4-5,14,17H,3,6-13,15H2,1-2H3/t17-/m1/s1. The smallest absolute Gasteiger partial charge is 0.247 e. The maximum Gasteiger partial charge on any atom is 0.247 e. The summed E-state index contributed by atoms with van der Waals surface area (Å²) < 4.78 is 5.38. The third kappa shape index (κ3) is 3.31. The van der Waals surface area contributed by atoms with E-state index in [9.17, 15) is 9.59 Å². The van der Waals surface area contributed by atoms with E-state index in [0.29, 0.717) is 45.7 Å². The van der Waals surface area contributed by atoms with E-state index >= 15 is 0 Å². The molecular formula is C21H30N4O3. The SMILES string of the molecule is CCN1CCN(c2ccc(C)nc2)C(=O)C12CCN(C(=O)[C@@H]1CCOC1)CC2. The second kappa shape index (κ2) is 7.79. The number of carbonyl (C=O) groups excluding carboxylic acids is 2. The van der Waals surface area contributed by atoms with Crippen molar-refractivity contribution in [2.75, 3.05) is 50.8 Å². The molecule has 28 heavy (non-hydrogen) atoms. The number of likely N-dealkylation sites (N-methyl/N-ethyl adjacent to an activating group) is 1. The number of amides is 2. The molecule has 0 aromatic carbocycles. The van der Waals surface area contributed by atoms with Crippen LogP contribution in [0.3, 0.4) is 0 Å². The Kier molecular flexibility index (Phi) is 5.38. The van der Waals surface area contributed by atoms with Crippen molar-refractivity contribution in [1.29, 1.82) is 0 Å². The third-order valence-electron chi connectivity index (χ3n) is 6.61. The molecule has 0 radical (unpaired) electrons. The Hall–Kier alpha value is -1.99. The summed E-state index contributed by atoms with van der Waals surface area (Å²) in [6.07, 6.45) is 3.99. The number of anilines is 1. The second-order valence-corrected chi connectivity index (χ2v) is 8.11. The number of hydrogen-bond donors (Lipinski definition) is 0. The minimum absolute atomic E-state index is 0.00600. The van der Waals surface area contributed by atoms with E-state index in [1.165, 1.54) is 0 Å². The number of aromatic nitrogens is 1. The fraction of sp³-hybridized carbons (Fsp3) is 0.667. The Morgan fingerprint density at radius 3 is 2.64 bits per heavy atom. The zero-order valence-corrected chi connectivity index (χ0v) is 16.9. The topological polar surface area (TPSA) is 66.0 Å². The summed E-state index contributed by atoms with van der Waals surface area (Å²) in [5, 5.41) is 0. The molecule has 4 rings (SSSR count). The van der Waals surface area contributed by atoms with E-state index < -0.39 is 5.54 Å². The van der Waals surface area contributed by atoms with E-state index in [2.05, 4.69) is 16.8 Å². The summed E-state index contributed by atoms with van der Waals surface area (Å²) in [7, 11) is 0. The molecule has 0 bridgehead atoms. The highest BCUT2D eigenvalue weighted by Crippen LogP contribution is 2.36. The molecule has 0 unspecified atom stereocenters. The molecule has 3 aliphatic rings. The summed E-state index contributed by atoms with van der Waals surface area (Å²) in [6.45, 7) is 8.92. The Morgan fingerprint density at radius 1 is 1.25 bits per heavy atom. The number of pyridine rings is 1. The Labute approximate surface area is 166 Å². The largest absolute Gasteiger partial charge is 0.381 e. The van der Waals surface area contributed by atoms with Gasteiger partial charge in [0.2, 0.25) is 11.8 Å². The van der Waals surface area contributed by atoms with Gasteiger partial charge in [0.1, 0.15) is 5.54 Å². The number of aryl methyl sites for hydroxylation is 1. The number of likely N-dealkylation sites (tertiary alicyclic amines) is 1. The second-order valence-electron chi connectivity index (χ2n) is 8.11. The first-order chi connectivity index (χ1) is 13.5. The lowest BCUT2D eigenvalue weighted by molar-refractivity contribution is -0.145. The van der Waals surface area contributed by atoms with E-state index in [1.807, 2.05) is 28.9 Å². The number of hydrogen-bond acceptors (Lipinski definition) is 5. The quantitative estimate of drug-likeness (QED) is 0.787. The van der Waals surface area contributed by atoms with Crippen LogP contribution in [0.4, 0.5) is 5.69 Å². The molecule has 152 valence electrons. The third-order valence-corrected chi connectivity index (χ3v) is 6.61. The highest BCUT2D eigenvalue weighted by atomic mass is 16.5. The maximum absolute atomic E-state index is 13.6. The molecule has 0 aliphatic carbocycles. The lowest BCUT2D eigenvalue weighted by Gasteiger charge is -2.52. The first-order valence-electron chi connectivity index (χ1n) is 10.4. The minimum Gasteiger partial charge on any atom is -0.381 e. The number of carbonyl (C=O) groups is 2. The van der Waals surface area contributed by atoms with Gasteiger partial charge < -0.3 is 14.5 Å². The van der Waals surface area contributed by atoms with Crippen LogP contribution in [0, 0.1) is 12.8 Å². The number of nitrogens with zero attached hydrogens (tertiary/aromatic N) is 4. The molecule has 1 aromatic heterocycles. The van der Waals surface area contributed by atoms with Gasteiger partial charge in [0.15, 0.2) is 0 Å². The summed E-state index contributed by atoms with van der Waals surface area (Å²) >= 11 is 0. The maximum atomic E-state index is 13.6. The number of rotatable bonds is 3. The van der Waals surface area contributed by atoms with Gasteiger partial charge in [-0.2, -0.15) is 0 Å². The number of piperazine rings is 1. The Balaban J connectivity index is 1.51. The van der Waals surface area contributed by atoms with E-state index in [0.717, 1.165) is 30.9 Å². The van der Waals surface area contributed by atoms with Gasteiger partial charge in [-0.05, 0) is 44.9 Å². The molecule has 0 N–H and O–H groups in total. The predicted molar refractivity (Wildman–Crippen MR) is 106 cm³/mol. The van der Waals surface area contributed by atoms with Crippen LogP contribution in [-0.2, 0) is 14.3 Å². The van der Waals surface area contributed by atoms with E-state index in [4.69, 9.17) is 4.74 Å². The van der Waals surface area contributed by atoms with Gasteiger partial charge in [-0.3, -0.25) is 19.5 Å². The fourth-order valence-corrected chi connectivity index (χ4v) is 4.86. The summed E-state index contributed by atoms with van der Waals surface area (Å²) in [5.41, 5.74) is 1.30. The molecule has 2 amide bonds. The van der Waals surface area contributed by atoms with Gasteiger partial charge in [0, 0.05) is 38.5 Å². The molecule has 4 heterocycles. The summed E-state index contributed by atoms with van der Waals surface area (Å²) in [5.74, 6) is 0.342. The summed E-state index contributed by atoms with van der Waals surface area (Å²) in [4.78, 5) is 36.9. The van der Waals surface area contributed by atoms with Crippen LogP contribution in [0.1, 0.15) is 31.9 Å². The zero-order valence-electron chi connectivity index (χ0n) is 16.9. The van der Waals surface area contributed by atoms with Crippen molar-refractivity contribution in [2.45, 2.75) is 38.6 Å². The fourth-order valence-electron chi connectivity index (χ4n) is 4.86. The molecule has 1 spiro atoms. The predicted octanol–water partition coefficient (Wildman–Crippen LogP) is 1.46. The van der Waals surface area contributed by atoms with Gasteiger partial charge in [-0.15, -0.1) is 0 Å². The van der Waals surface area contributed by atoms with Crippen LogP contribution in [0.5, 0.6) is 0 Å². The lowest BCUT2D eigenvalue weighted by Crippen LogP contribution is -2.69. The van der Waals surface area contributed by atoms with Crippen molar-refractivity contribution in [1.82, 2.24) is 14.8 Å². The minimum atomic E-state index is -0.513. The molecule has 3 fully saturated rings. The van der Waals surface area contributed by atoms with Gasteiger partial charge in [0.25, 0.3) is 0 Å². The van der Waals surface area contributed by atoms with Crippen LogP contribution >= 0.6 is 0 Å². The molecule has 1 aromatic rings. The Morgan fingerprint density at radius 2 is 2.04 bits per heavy atom. The van der Waals surface area contributed by atoms with Crippen LogP contribution in [0.2, 0.25) is 0 Å². The van der Waals surface area contributed by atoms with Crippen LogP contribution < -0.4 is 4.90 Å². The van der Waals surface area contributed by atoms with E-state index in [-0.39, 0.29) is 17.7 Å². The van der Waals surface area contributed by atoms with Crippen LogP contribution in [0.15, 0.2) is 18.3 Å². The van der Waals surface area contributed by atoms with E-state index in [1.54, 1.807) is 6.20 Å². The van der Waals surface area contributed by atoms with Gasteiger partial charge in [-0.25, -0.2) is 0 Å². The Bertz CT molecular complexity index is 722. The highest BCUT2D eigenvalue weighted by molar-refractivity contribution is 6.01. The number of piperidine rings is 1. The van der Waals surface area contributed by atoms with Crippen molar-refractivity contribution in [3.8, 4) is 0 Å². The molecule has 7 nitrogen and oxygen atoms in total. The highest BCUT2D eigenvalue weighted by Gasteiger charge is 2.51. The van der Waals surface area contributed by atoms with Gasteiger partial charge in [0.05, 0.1) is 24.4 Å². The zero-order chi connectivity index (χ0) is 19.7. The monoisotopic (exact) mass is 386 g/mol. The average molecular weight is 386 g/mol. The van der Waals surface area contributed by atoms with Crippen molar-refractivity contribution in [3.63, 3.8) is 0 Å². The first kappa shape index (κ1) is 19.3. The van der Waals surface area contributed by atoms with Gasteiger partial charge in [-0.1, -0.05) is 6.92 Å². The van der Waals surface area contributed by atoms with Crippen LogP contribution in [-0.4, -0.2) is 78.1 Å². The molecule has 1 atom stereocenters. The average Bonchev–Trinajstić information content (AvgIpc) is 3.26. The molecule has 3 saturated heterocycles. The number of ether oxygens (including phenoxy) is 1. The molecule has 0 saturated carbocycles. The molecule has 7 heteroatoms.